The van der Waals surface area contributed by atoms with Gasteiger partial charge in [0.1, 0.15) is 0 Å². The molecule has 0 aromatic carbocycles. The molecule has 0 amide bonds. The summed E-state index contributed by atoms with van der Waals surface area (Å²) in [5, 5.41) is 0. The van der Waals surface area contributed by atoms with Crippen LogP contribution in [0.25, 0.3) is 0 Å². The predicted molar refractivity (Wildman–Crippen MR) is 63.2 cm³/mol. The third-order valence-corrected chi connectivity index (χ3v) is 2.62. The van der Waals surface area contributed by atoms with Crippen LogP contribution in [0.4, 0.5) is 0 Å². The zero-order valence-electron chi connectivity index (χ0n) is 8.17. The molecule has 0 aliphatic heterocycles. The van der Waals surface area contributed by atoms with Gasteiger partial charge in [0.2, 0.25) is 0 Å². The van der Waals surface area contributed by atoms with Crippen LogP contribution in [0.5, 0.6) is 0 Å². The highest BCUT2D eigenvalue weighted by Gasteiger charge is 1.94. The van der Waals surface area contributed by atoms with Gasteiger partial charge in [-0.15, -0.1) is 0 Å². The maximum atomic E-state index is 5.26. The van der Waals surface area contributed by atoms with E-state index in [-0.39, 0.29) is 0 Å². The second kappa shape index (κ2) is 7.02. The summed E-state index contributed by atoms with van der Waals surface area (Å²) in [5.74, 6) is 0. The van der Waals surface area contributed by atoms with E-state index in [1.807, 2.05) is 0 Å². The molecule has 13 heavy (non-hydrogen) atoms. The topological polar surface area (TPSA) is 0 Å². The van der Waals surface area contributed by atoms with Crippen LogP contribution in [-0.2, 0) is 0 Å². The van der Waals surface area contributed by atoms with Crippen LogP contribution in [0.3, 0.4) is 0 Å². The highest BCUT2D eigenvalue weighted by molar-refractivity contribution is 7.80. The van der Waals surface area contributed by atoms with Gasteiger partial charge >= 0.3 is 0 Å². The lowest BCUT2D eigenvalue weighted by Gasteiger charge is -2.00. The molecule has 0 radical (unpaired) electrons. The number of thiocarbonyl (C=S) groups is 1. The molecule has 1 aliphatic rings. The molecule has 0 atom stereocenters. The Kier molecular flexibility index (Phi) is 5.75. The highest BCUT2D eigenvalue weighted by Crippen LogP contribution is 2.07. The summed E-state index contributed by atoms with van der Waals surface area (Å²) < 4.78 is 0. The van der Waals surface area contributed by atoms with Crippen LogP contribution >= 0.6 is 12.2 Å². The van der Waals surface area contributed by atoms with Crippen LogP contribution in [0.1, 0.15) is 44.9 Å². The quantitative estimate of drug-likeness (QED) is 0.411. The molecule has 0 spiro atoms. The summed E-state index contributed by atoms with van der Waals surface area (Å²) in [7, 11) is 0. The Balaban J connectivity index is 2.33. The SMILES string of the molecule is S=C1C/C=C/CCC/C=C\CCC1. The van der Waals surface area contributed by atoms with Crippen molar-refractivity contribution in [2.75, 3.05) is 0 Å². The van der Waals surface area contributed by atoms with Crippen molar-refractivity contribution in [3.05, 3.63) is 24.3 Å². The normalized spacial score (nSPS) is 25.7. The number of rotatable bonds is 0. The van der Waals surface area contributed by atoms with E-state index in [9.17, 15) is 0 Å². The van der Waals surface area contributed by atoms with E-state index in [2.05, 4.69) is 24.3 Å². The van der Waals surface area contributed by atoms with Crippen LogP contribution in [0.15, 0.2) is 24.3 Å². The summed E-state index contributed by atoms with van der Waals surface area (Å²) in [6.07, 6.45) is 17.4. The standard InChI is InChI=1S/C12H18S/c13-12-10-8-6-4-2-1-3-5-7-9-11-12/h2,4,7,9H,1,3,5-6,8,10-11H2/b4-2-,9-7+. The third kappa shape index (κ3) is 5.75. The highest BCUT2D eigenvalue weighted by atomic mass is 32.1. The monoisotopic (exact) mass is 194 g/mol. The van der Waals surface area contributed by atoms with E-state index in [1.54, 1.807) is 0 Å². The van der Waals surface area contributed by atoms with Gasteiger partial charge in [-0.25, -0.2) is 0 Å². The Labute approximate surface area is 86.7 Å². The van der Waals surface area contributed by atoms with Crippen LogP contribution < -0.4 is 0 Å². The van der Waals surface area contributed by atoms with Gasteiger partial charge in [-0.2, -0.15) is 0 Å². The van der Waals surface area contributed by atoms with Crippen molar-refractivity contribution in [1.82, 2.24) is 0 Å². The maximum absolute atomic E-state index is 5.26. The van der Waals surface area contributed by atoms with Gasteiger partial charge in [-0.3, -0.25) is 0 Å². The van der Waals surface area contributed by atoms with Gasteiger partial charge in [-0.1, -0.05) is 36.5 Å². The Hall–Kier alpha value is -0.430. The fraction of sp³-hybridized carbons (Fsp3) is 0.583. The molecule has 72 valence electrons. The molecule has 0 nitrogen and oxygen atoms in total. The van der Waals surface area contributed by atoms with Gasteiger partial charge in [-0.05, 0) is 49.8 Å². The molecule has 0 N–H and O–H groups in total. The van der Waals surface area contributed by atoms with Crippen LogP contribution in [0, 0.1) is 0 Å². The first-order valence-electron chi connectivity index (χ1n) is 5.21. The Morgan fingerprint density at radius 2 is 1.46 bits per heavy atom. The van der Waals surface area contributed by atoms with Crippen LogP contribution in [0.2, 0.25) is 0 Å². The van der Waals surface area contributed by atoms with Gasteiger partial charge in [0.25, 0.3) is 0 Å². The molecule has 0 heterocycles. The van der Waals surface area contributed by atoms with Gasteiger partial charge in [0, 0.05) is 0 Å². The second-order valence-corrected chi connectivity index (χ2v) is 4.09. The summed E-state index contributed by atoms with van der Waals surface area (Å²) >= 11 is 5.26. The molecule has 0 saturated heterocycles. The van der Waals surface area contributed by atoms with Gasteiger partial charge in [0.15, 0.2) is 0 Å². The second-order valence-electron chi connectivity index (χ2n) is 3.51. The average Bonchev–Trinajstić information content (AvgIpc) is 2.11. The fourth-order valence-electron chi connectivity index (χ4n) is 1.44. The maximum Gasteiger partial charge on any atom is -0.00335 e. The predicted octanol–water partition coefficient (Wildman–Crippen LogP) is 4.21. The Morgan fingerprint density at radius 1 is 0.846 bits per heavy atom. The van der Waals surface area contributed by atoms with Crippen molar-refractivity contribution in [3.8, 4) is 0 Å². The average molecular weight is 194 g/mol. The molecule has 1 aliphatic carbocycles. The first kappa shape index (κ1) is 10.6. The third-order valence-electron chi connectivity index (χ3n) is 2.25. The van der Waals surface area contributed by atoms with E-state index < -0.39 is 0 Å². The smallest absolute Gasteiger partial charge is 0.00335 e. The summed E-state index contributed by atoms with van der Waals surface area (Å²) in [6, 6.07) is 0. The van der Waals surface area contributed by atoms with E-state index in [0.717, 1.165) is 12.8 Å². The van der Waals surface area contributed by atoms with Crippen molar-refractivity contribution in [3.63, 3.8) is 0 Å². The van der Waals surface area contributed by atoms with Gasteiger partial charge < -0.3 is 0 Å². The van der Waals surface area contributed by atoms with E-state index in [4.69, 9.17) is 12.2 Å². The summed E-state index contributed by atoms with van der Waals surface area (Å²) in [6.45, 7) is 0. The molecule has 0 unspecified atom stereocenters. The number of hydrogen-bond acceptors (Lipinski definition) is 1. The van der Waals surface area contributed by atoms with Crippen molar-refractivity contribution in [2.24, 2.45) is 0 Å². The first-order chi connectivity index (χ1) is 6.39. The Morgan fingerprint density at radius 3 is 2.23 bits per heavy atom. The molecule has 0 aromatic rings. The van der Waals surface area contributed by atoms with Crippen molar-refractivity contribution in [2.45, 2.75) is 44.9 Å². The summed E-state index contributed by atoms with van der Waals surface area (Å²) in [5.41, 5.74) is 0. The molecule has 0 saturated carbocycles. The van der Waals surface area contributed by atoms with E-state index in [0.29, 0.717) is 0 Å². The Bertz CT molecular complexity index is 201. The molecule has 1 heteroatoms. The first-order valence-corrected chi connectivity index (χ1v) is 5.62. The molecular formula is C12H18S. The minimum Gasteiger partial charge on any atom is -0.0893 e. The number of allylic oxidation sites excluding steroid dienone is 4. The van der Waals surface area contributed by atoms with E-state index in [1.165, 1.54) is 37.0 Å². The molecule has 0 bridgehead atoms. The molecule has 0 fully saturated rings. The van der Waals surface area contributed by atoms with Gasteiger partial charge in [0.05, 0.1) is 0 Å². The van der Waals surface area contributed by atoms with Crippen molar-refractivity contribution >= 4 is 17.1 Å². The zero-order chi connectivity index (χ0) is 9.36. The van der Waals surface area contributed by atoms with Crippen molar-refractivity contribution in [1.29, 1.82) is 0 Å². The molecule has 0 aromatic heterocycles. The van der Waals surface area contributed by atoms with Crippen LogP contribution in [-0.4, -0.2) is 4.86 Å². The lowest BCUT2D eigenvalue weighted by atomic mass is 10.1. The summed E-state index contributed by atoms with van der Waals surface area (Å²) in [4.78, 5) is 1.21. The fourth-order valence-corrected chi connectivity index (χ4v) is 1.68. The zero-order valence-corrected chi connectivity index (χ0v) is 8.98. The number of hydrogen-bond donors (Lipinski definition) is 0. The minimum absolute atomic E-state index is 1.01. The largest absolute Gasteiger partial charge is 0.0893 e. The minimum atomic E-state index is 1.01. The lowest BCUT2D eigenvalue weighted by molar-refractivity contribution is 0.844. The molecule has 1 rings (SSSR count). The van der Waals surface area contributed by atoms with Crippen molar-refractivity contribution < 1.29 is 0 Å². The van der Waals surface area contributed by atoms with E-state index >= 15 is 0 Å². The lowest BCUT2D eigenvalue weighted by Crippen LogP contribution is -1.91. The molecular weight excluding hydrogens is 176 g/mol.